The summed E-state index contributed by atoms with van der Waals surface area (Å²) >= 11 is 0. The molecule has 0 fully saturated rings. The monoisotopic (exact) mass is 328 g/mol. The smallest absolute Gasteiger partial charge is 0.176 e. The fourth-order valence-corrected chi connectivity index (χ4v) is 7.31. The van der Waals surface area contributed by atoms with Crippen molar-refractivity contribution >= 4 is 35.3 Å². The second-order valence-corrected chi connectivity index (χ2v) is 8.92. The molecule has 0 spiro atoms. The molecule has 3 heteroatoms. The summed E-state index contributed by atoms with van der Waals surface area (Å²) in [5.74, 6) is 0.806. The van der Waals surface area contributed by atoms with E-state index in [-0.39, 0.29) is 0 Å². The van der Waals surface area contributed by atoms with E-state index in [1.807, 2.05) is 12.3 Å². The number of rotatable bonds is 2. The maximum absolute atomic E-state index is 5.92. The molecule has 0 unspecified atom stereocenters. The van der Waals surface area contributed by atoms with Crippen molar-refractivity contribution in [3.63, 3.8) is 0 Å². The first-order valence-corrected chi connectivity index (χ1v) is 9.84. The Hall–Kier alpha value is -2.78. The van der Waals surface area contributed by atoms with Gasteiger partial charge in [-0.15, -0.1) is 0 Å². The van der Waals surface area contributed by atoms with E-state index in [1.165, 1.54) is 32.1 Å². The Morgan fingerprint density at radius 3 is 2.42 bits per heavy atom. The lowest BCUT2D eigenvalue weighted by Crippen LogP contribution is -2.54. The summed E-state index contributed by atoms with van der Waals surface area (Å²) in [5.41, 5.74) is 3.36. The second kappa shape index (κ2) is 5.11. The molecule has 2 heterocycles. The molecule has 0 amide bonds. The first kappa shape index (κ1) is 13.6. The van der Waals surface area contributed by atoms with E-state index >= 15 is 0 Å². The summed E-state index contributed by atoms with van der Waals surface area (Å²) < 4.78 is 11.4. The highest BCUT2D eigenvalue weighted by atomic mass is 28.3. The zero-order chi connectivity index (χ0) is 16.1. The highest BCUT2D eigenvalue weighted by Crippen LogP contribution is 2.36. The van der Waals surface area contributed by atoms with Crippen LogP contribution in [0.3, 0.4) is 0 Å². The number of benzene rings is 3. The summed E-state index contributed by atoms with van der Waals surface area (Å²) in [5, 5.41) is 5.54. The molecular formula is C21H16O2Si. The minimum absolute atomic E-state index is 0.806. The Bertz CT molecular complexity index is 1050. The van der Waals surface area contributed by atoms with Crippen LogP contribution >= 0.6 is 0 Å². The summed E-state index contributed by atoms with van der Waals surface area (Å²) in [4.78, 5) is 0. The first-order chi connectivity index (χ1) is 11.9. The number of hydrogen-bond acceptors (Lipinski definition) is 2. The molecule has 1 aliphatic rings. The van der Waals surface area contributed by atoms with Gasteiger partial charge in [0.25, 0.3) is 0 Å². The van der Waals surface area contributed by atoms with Crippen LogP contribution in [0.15, 0.2) is 77.4 Å². The van der Waals surface area contributed by atoms with Crippen molar-refractivity contribution < 1.29 is 9.15 Å². The van der Waals surface area contributed by atoms with Gasteiger partial charge in [0.1, 0.15) is 8.80 Å². The molecule has 0 aliphatic carbocycles. The third-order valence-corrected chi connectivity index (χ3v) is 8.22. The van der Waals surface area contributed by atoms with Crippen molar-refractivity contribution in [2.24, 2.45) is 0 Å². The number of methoxy groups -OCH3 is 1. The third kappa shape index (κ3) is 1.76. The molecule has 3 aromatic carbocycles. The standard InChI is InChI=1S/C21H16O2Si/c1-22-17-11-12-19-20-16(13-23-21(17)20)15-9-5-6-10-18(15)24(19)14-7-3-2-4-8-14/h2-13,24H,1H3/t24-/m0/s1. The van der Waals surface area contributed by atoms with Gasteiger partial charge in [0.05, 0.1) is 13.4 Å². The molecule has 1 aromatic heterocycles. The second-order valence-electron chi connectivity index (χ2n) is 6.14. The lowest BCUT2D eigenvalue weighted by molar-refractivity contribution is 0.410. The van der Waals surface area contributed by atoms with Crippen LogP contribution in [0.25, 0.3) is 22.1 Å². The molecule has 0 N–H and O–H groups in total. The highest BCUT2D eigenvalue weighted by molar-refractivity contribution is 6.98. The molecule has 0 saturated carbocycles. The first-order valence-electron chi connectivity index (χ1n) is 8.11. The molecule has 0 radical (unpaired) electrons. The topological polar surface area (TPSA) is 22.4 Å². The quantitative estimate of drug-likeness (QED) is 0.465. The number of fused-ring (bicyclic) bond motifs is 2. The number of hydrogen-bond donors (Lipinski definition) is 0. The fraction of sp³-hybridized carbons (Fsp3) is 0.0476. The Labute approximate surface area is 141 Å². The third-order valence-electron chi connectivity index (χ3n) is 4.94. The summed E-state index contributed by atoms with van der Waals surface area (Å²) in [6.45, 7) is 0. The van der Waals surface area contributed by atoms with Gasteiger partial charge in [-0.05, 0) is 22.0 Å². The van der Waals surface area contributed by atoms with Crippen molar-refractivity contribution in [1.82, 2.24) is 0 Å². The Balaban J connectivity index is 1.91. The van der Waals surface area contributed by atoms with Gasteiger partial charge in [-0.25, -0.2) is 0 Å². The van der Waals surface area contributed by atoms with Crippen LogP contribution in [0.5, 0.6) is 5.75 Å². The largest absolute Gasteiger partial charge is 0.493 e. The predicted octanol–water partition coefficient (Wildman–Crippen LogP) is 2.67. The number of ether oxygens (including phenoxy) is 1. The van der Waals surface area contributed by atoms with E-state index in [9.17, 15) is 0 Å². The van der Waals surface area contributed by atoms with E-state index in [4.69, 9.17) is 9.15 Å². The van der Waals surface area contributed by atoms with Gasteiger partial charge in [-0.3, -0.25) is 0 Å². The normalized spacial score (nSPS) is 15.3. The summed E-state index contributed by atoms with van der Waals surface area (Å²) in [6, 6.07) is 23.9. The Kier molecular flexibility index (Phi) is 2.90. The average Bonchev–Trinajstić information content (AvgIpc) is 3.09. The van der Waals surface area contributed by atoms with Crippen LogP contribution in [0.2, 0.25) is 0 Å². The highest BCUT2D eigenvalue weighted by Gasteiger charge is 2.31. The van der Waals surface area contributed by atoms with E-state index in [0.29, 0.717) is 0 Å². The molecule has 2 nitrogen and oxygen atoms in total. The van der Waals surface area contributed by atoms with Crippen LogP contribution in [0, 0.1) is 0 Å². The Morgan fingerprint density at radius 2 is 1.58 bits per heavy atom. The van der Waals surface area contributed by atoms with Gasteiger partial charge in [0.15, 0.2) is 11.3 Å². The van der Waals surface area contributed by atoms with Crippen molar-refractivity contribution in [2.45, 2.75) is 0 Å². The Morgan fingerprint density at radius 1 is 0.792 bits per heavy atom. The van der Waals surface area contributed by atoms with E-state index < -0.39 is 8.80 Å². The number of furan rings is 1. The molecule has 116 valence electrons. The molecule has 4 aromatic rings. The zero-order valence-corrected chi connectivity index (χ0v) is 14.5. The lowest BCUT2D eigenvalue weighted by Gasteiger charge is -2.25. The van der Waals surface area contributed by atoms with E-state index in [1.54, 1.807) is 7.11 Å². The minimum Gasteiger partial charge on any atom is -0.493 e. The van der Waals surface area contributed by atoms with Crippen LogP contribution in [-0.2, 0) is 0 Å². The van der Waals surface area contributed by atoms with Gasteiger partial charge in [0, 0.05) is 10.9 Å². The molecular weight excluding hydrogens is 312 g/mol. The average molecular weight is 328 g/mol. The molecule has 1 aliphatic heterocycles. The molecule has 0 bridgehead atoms. The van der Waals surface area contributed by atoms with E-state index in [2.05, 4.69) is 60.7 Å². The molecule has 1 atom stereocenters. The zero-order valence-electron chi connectivity index (χ0n) is 13.3. The summed E-state index contributed by atoms with van der Waals surface area (Å²) in [7, 11) is 0.183. The van der Waals surface area contributed by atoms with Gasteiger partial charge >= 0.3 is 0 Å². The maximum Gasteiger partial charge on any atom is 0.176 e. The fourth-order valence-electron chi connectivity index (χ4n) is 3.92. The maximum atomic E-state index is 5.92. The SMILES string of the molecule is COc1ccc2c3c(coc13)-c1ccccc1[Si@@H]2c1ccccc1. The van der Waals surface area contributed by atoms with Gasteiger partial charge in [0.2, 0.25) is 0 Å². The van der Waals surface area contributed by atoms with Crippen molar-refractivity contribution in [1.29, 1.82) is 0 Å². The van der Waals surface area contributed by atoms with Crippen LogP contribution in [-0.4, -0.2) is 15.9 Å². The van der Waals surface area contributed by atoms with Gasteiger partial charge < -0.3 is 9.15 Å². The summed E-state index contributed by atoms with van der Waals surface area (Å²) in [6.07, 6.45) is 1.88. The van der Waals surface area contributed by atoms with Crippen molar-refractivity contribution in [2.75, 3.05) is 7.11 Å². The van der Waals surface area contributed by atoms with E-state index in [0.717, 1.165) is 11.3 Å². The molecule has 0 saturated heterocycles. The van der Waals surface area contributed by atoms with Gasteiger partial charge in [-0.2, -0.15) is 0 Å². The van der Waals surface area contributed by atoms with Crippen molar-refractivity contribution in [3.05, 3.63) is 73.0 Å². The predicted molar refractivity (Wildman–Crippen MR) is 101 cm³/mol. The van der Waals surface area contributed by atoms with Gasteiger partial charge in [-0.1, -0.05) is 65.9 Å². The molecule has 5 rings (SSSR count). The van der Waals surface area contributed by atoms with Crippen molar-refractivity contribution in [3.8, 4) is 16.9 Å². The lowest BCUT2D eigenvalue weighted by atomic mass is 10.0. The van der Waals surface area contributed by atoms with Crippen LogP contribution < -0.4 is 20.3 Å². The molecule has 24 heavy (non-hydrogen) atoms. The van der Waals surface area contributed by atoms with Crippen LogP contribution in [0.1, 0.15) is 0 Å². The van der Waals surface area contributed by atoms with Crippen LogP contribution in [0.4, 0.5) is 0 Å². The minimum atomic E-state index is -1.51.